The third-order valence-electron chi connectivity index (χ3n) is 5.65. The van der Waals surface area contributed by atoms with Crippen molar-refractivity contribution < 1.29 is 4.79 Å². The van der Waals surface area contributed by atoms with E-state index in [0.29, 0.717) is 24.3 Å². The lowest BCUT2D eigenvalue weighted by Gasteiger charge is -2.26. The van der Waals surface area contributed by atoms with Crippen LogP contribution in [0.15, 0.2) is 29.4 Å². The molecule has 1 heterocycles. The maximum atomic E-state index is 12.2. The van der Waals surface area contributed by atoms with Gasteiger partial charge in [-0.3, -0.25) is 9.36 Å². The molecule has 0 spiro atoms. The number of aromatic nitrogens is 3. The maximum absolute atomic E-state index is 12.2. The van der Waals surface area contributed by atoms with Crippen LogP contribution in [0.25, 0.3) is 11.4 Å². The SMILES string of the molecule is CC(C)CNC(=O)CSc1nnc(-c2ccc(C(C)(C)C)cc2)n1C1CCCCC1. The zero-order valence-electron chi connectivity index (χ0n) is 19.1. The van der Waals surface area contributed by atoms with Gasteiger partial charge in [0.2, 0.25) is 5.91 Å². The summed E-state index contributed by atoms with van der Waals surface area (Å²) in [7, 11) is 0. The zero-order valence-corrected chi connectivity index (χ0v) is 19.9. The van der Waals surface area contributed by atoms with E-state index in [4.69, 9.17) is 0 Å². The molecule has 6 heteroatoms. The van der Waals surface area contributed by atoms with E-state index in [1.807, 2.05) is 0 Å². The molecule has 164 valence electrons. The van der Waals surface area contributed by atoms with Crippen LogP contribution < -0.4 is 5.32 Å². The highest BCUT2D eigenvalue weighted by Crippen LogP contribution is 2.36. The number of nitrogens with one attached hydrogen (secondary N) is 1. The van der Waals surface area contributed by atoms with Crippen LogP contribution >= 0.6 is 11.8 Å². The molecule has 1 aromatic heterocycles. The number of thioether (sulfide) groups is 1. The summed E-state index contributed by atoms with van der Waals surface area (Å²) in [4.78, 5) is 12.2. The lowest BCUT2D eigenvalue weighted by molar-refractivity contribution is -0.118. The van der Waals surface area contributed by atoms with Gasteiger partial charge in [0.1, 0.15) is 0 Å². The van der Waals surface area contributed by atoms with E-state index in [-0.39, 0.29) is 11.3 Å². The summed E-state index contributed by atoms with van der Waals surface area (Å²) in [5.41, 5.74) is 2.53. The smallest absolute Gasteiger partial charge is 0.230 e. The van der Waals surface area contributed by atoms with Crippen molar-refractivity contribution in [3.05, 3.63) is 29.8 Å². The average molecular weight is 429 g/mol. The van der Waals surface area contributed by atoms with E-state index < -0.39 is 0 Å². The fourth-order valence-corrected chi connectivity index (χ4v) is 4.69. The van der Waals surface area contributed by atoms with Crippen molar-refractivity contribution in [3.8, 4) is 11.4 Å². The van der Waals surface area contributed by atoms with Crippen LogP contribution in [0.5, 0.6) is 0 Å². The number of hydrogen-bond donors (Lipinski definition) is 1. The number of amides is 1. The van der Waals surface area contributed by atoms with Crippen LogP contribution in [0.1, 0.15) is 78.3 Å². The molecule has 5 nitrogen and oxygen atoms in total. The van der Waals surface area contributed by atoms with Gasteiger partial charge in [-0.15, -0.1) is 10.2 Å². The van der Waals surface area contributed by atoms with Gasteiger partial charge in [0.25, 0.3) is 0 Å². The Kier molecular flexibility index (Phi) is 7.61. The Morgan fingerprint density at radius 3 is 2.40 bits per heavy atom. The van der Waals surface area contributed by atoms with Gasteiger partial charge >= 0.3 is 0 Å². The summed E-state index contributed by atoms with van der Waals surface area (Å²) >= 11 is 1.50. The average Bonchev–Trinajstić information content (AvgIpc) is 3.14. The van der Waals surface area contributed by atoms with E-state index >= 15 is 0 Å². The number of benzene rings is 1. The molecule has 1 fully saturated rings. The topological polar surface area (TPSA) is 59.8 Å². The van der Waals surface area contributed by atoms with Crippen LogP contribution in [-0.2, 0) is 10.2 Å². The first-order chi connectivity index (χ1) is 14.3. The second-order valence-corrected chi connectivity index (χ2v) is 10.7. The van der Waals surface area contributed by atoms with Gasteiger partial charge in [0.05, 0.1) is 5.75 Å². The van der Waals surface area contributed by atoms with Crippen molar-refractivity contribution in [2.75, 3.05) is 12.3 Å². The molecule has 0 aliphatic heterocycles. The van der Waals surface area contributed by atoms with E-state index in [1.54, 1.807) is 0 Å². The predicted molar refractivity (Wildman–Crippen MR) is 125 cm³/mol. The Morgan fingerprint density at radius 2 is 1.80 bits per heavy atom. The van der Waals surface area contributed by atoms with Gasteiger partial charge in [-0.1, -0.05) is 89.9 Å². The molecule has 0 saturated heterocycles. The molecular weight excluding hydrogens is 392 g/mol. The second kappa shape index (κ2) is 9.99. The van der Waals surface area contributed by atoms with E-state index in [9.17, 15) is 4.79 Å². The molecule has 1 aromatic carbocycles. The first kappa shape index (κ1) is 22.9. The van der Waals surface area contributed by atoms with Crippen LogP contribution in [0, 0.1) is 5.92 Å². The van der Waals surface area contributed by atoms with E-state index in [0.717, 1.165) is 29.4 Å². The second-order valence-electron chi connectivity index (χ2n) is 9.78. The maximum Gasteiger partial charge on any atom is 0.230 e. The monoisotopic (exact) mass is 428 g/mol. The number of carbonyl (C=O) groups is 1. The molecule has 1 aliphatic carbocycles. The fraction of sp³-hybridized carbons (Fsp3) is 0.625. The van der Waals surface area contributed by atoms with Gasteiger partial charge < -0.3 is 5.32 Å². The third-order valence-corrected chi connectivity index (χ3v) is 6.60. The van der Waals surface area contributed by atoms with Crippen molar-refractivity contribution in [3.63, 3.8) is 0 Å². The molecule has 1 amide bonds. The first-order valence-corrected chi connectivity index (χ1v) is 12.2. The molecular formula is C24H36N4OS. The van der Waals surface area contributed by atoms with Gasteiger partial charge in [-0.05, 0) is 29.7 Å². The summed E-state index contributed by atoms with van der Waals surface area (Å²) in [6.45, 7) is 11.6. The van der Waals surface area contributed by atoms with Gasteiger partial charge in [0.15, 0.2) is 11.0 Å². The first-order valence-electron chi connectivity index (χ1n) is 11.2. The minimum Gasteiger partial charge on any atom is -0.355 e. The molecule has 1 saturated carbocycles. The van der Waals surface area contributed by atoms with Crippen molar-refractivity contribution in [1.82, 2.24) is 20.1 Å². The Labute approximate surface area is 185 Å². The van der Waals surface area contributed by atoms with E-state index in [2.05, 4.69) is 79.0 Å². The van der Waals surface area contributed by atoms with Crippen LogP contribution in [0.2, 0.25) is 0 Å². The Bertz CT molecular complexity index is 830. The summed E-state index contributed by atoms with van der Waals surface area (Å²) < 4.78 is 2.30. The molecule has 0 atom stereocenters. The highest BCUT2D eigenvalue weighted by atomic mass is 32.2. The molecule has 1 aliphatic rings. The predicted octanol–water partition coefficient (Wildman–Crippen LogP) is 5.61. The van der Waals surface area contributed by atoms with Crippen LogP contribution in [0.3, 0.4) is 0 Å². The van der Waals surface area contributed by atoms with Crippen molar-refractivity contribution in [2.24, 2.45) is 5.92 Å². The van der Waals surface area contributed by atoms with Crippen LogP contribution in [-0.4, -0.2) is 33.0 Å². The lowest BCUT2D eigenvalue weighted by atomic mass is 9.86. The third kappa shape index (κ3) is 5.87. The van der Waals surface area contributed by atoms with Crippen LogP contribution in [0.4, 0.5) is 0 Å². The van der Waals surface area contributed by atoms with Gasteiger partial charge in [-0.25, -0.2) is 0 Å². The number of hydrogen-bond acceptors (Lipinski definition) is 4. The largest absolute Gasteiger partial charge is 0.355 e. The number of carbonyl (C=O) groups excluding carboxylic acids is 1. The summed E-state index contributed by atoms with van der Waals surface area (Å²) in [6.07, 6.45) is 6.08. The molecule has 2 aromatic rings. The molecule has 3 rings (SSSR count). The Balaban J connectivity index is 1.83. The minimum atomic E-state index is 0.0583. The molecule has 30 heavy (non-hydrogen) atoms. The van der Waals surface area contributed by atoms with E-state index in [1.165, 1.54) is 36.6 Å². The normalized spacial score (nSPS) is 15.5. The molecule has 0 unspecified atom stereocenters. The van der Waals surface area contributed by atoms with Crippen molar-refractivity contribution in [1.29, 1.82) is 0 Å². The van der Waals surface area contributed by atoms with Gasteiger partial charge in [0, 0.05) is 18.2 Å². The van der Waals surface area contributed by atoms with Gasteiger partial charge in [-0.2, -0.15) is 0 Å². The molecule has 1 N–H and O–H groups in total. The standard InChI is InChI=1S/C24H36N4OS/c1-17(2)15-25-21(29)16-30-23-27-26-22(28(23)20-9-7-6-8-10-20)18-11-13-19(14-12-18)24(3,4)5/h11-14,17,20H,6-10,15-16H2,1-5H3,(H,25,29). The summed E-state index contributed by atoms with van der Waals surface area (Å²) in [5, 5.41) is 12.9. The summed E-state index contributed by atoms with van der Waals surface area (Å²) in [5.74, 6) is 1.81. The quantitative estimate of drug-likeness (QED) is 0.582. The Morgan fingerprint density at radius 1 is 1.13 bits per heavy atom. The number of rotatable bonds is 7. The minimum absolute atomic E-state index is 0.0583. The highest BCUT2D eigenvalue weighted by molar-refractivity contribution is 7.99. The number of nitrogens with zero attached hydrogens (tertiary/aromatic N) is 3. The molecule has 0 bridgehead atoms. The van der Waals surface area contributed by atoms with Crippen molar-refractivity contribution in [2.45, 2.75) is 83.3 Å². The summed E-state index contributed by atoms with van der Waals surface area (Å²) in [6, 6.07) is 9.12. The fourth-order valence-electron chi connectivity index (χ4n) is 3.86. The zero-order chi connectivity index (χ0) is 21.7. The van der Waals surface area contributed by atoms with Crippen molar-refractivity contribution >= 4 is 17.7 Å². The lowest BCUT2D eigenvalue weighted by Crippen LogP contribution is -2.29. The molecule has 0 radical (unpaired) electrons. The Hall–Kier alpha value is -1.82. The highest BCUT2D eigenvalue weighted by Gasteiger charge is 2.24.